The largest absolute Gasteiger partial charge is 0.355 e. The molecular weight excluding hydrogens is 300 g/mol. The summed E-state index contributed by atoms with van der Waals surface area (Å²) in [6, 6.07) is 0. The average Bonchev–Trinajstić information content (AvgIpc) is 3.05. The van der Waals surface area contributed by atoms with E-state index in [9.17, 15) is 9.59 Å². The lowest BCUT2D eigenvalue weighted by molar-refractivity contribution is 0.111. The van der Waals surface area contributed by atoms with Crippen LogP contribution in [-0.2, 0) is 0 Å². The van der Waals surface area contributed by atoms with Crippen LogP contribution in [-0.4, -0.2) is 22.5 Å². The van der Waals surface area contributed by atoms with Crippen LogP contribution in [0.1, 0.15) is 79.8 Å². The van der Waals surface area contributed by atoms with Crippen LogP contribution in [0.2, 0.25) is 0 Å². The van der Waals surface area contributed by atoms with Crippen LogP contribution in [0.3, 0.4) is 0 Å². The minimum atomic E-state index is 0.281. The Morgan fingerprint density at radius 2 is 1.54 bits per heavy atom. The maximum absolute atomic E-state index is 11.2. The van der Waals surface area contributed by atoms with Gasteiger partial charge in [-0.3, -0.25) is 9.59 Å². The molecule has 0 aromatic carbocycles. The lowest BCUT2D eigenvalue weighted by Crippen LogP contribution is -2.06. The van der Waals surface area contributed by atoms with Crippen LogP contribution in [0.5, 0.6) is 0 Å². The van der Waals surface area contributed by atoms with Crippen molar-refractivity contribution in [2.75, 3.05) is 0 Å². The van der Waals surface area contributed by atoms with Crippen molar-refractivity contribution in [3.63, 3.8) is 0 Å². The molecule has 1 aliphatic carbocycles. The fraction of sp³-hybridized carbons (Fsp3) is 0.400. The van der Waals surface area contributed by atoms with Crippen LogP contribution in [0.4, 0.5) is 0 Å². The molecule has 1 atom stereocenters. The van der Waals surface area contributed by atoms with Gasteiger partial charge >= 0.3 is 0 Å². The van der Waals surface area contributed by atoms with Gasteiger partial charge in [-0.05, 0) is 74.8 Å². The van der Waals surface area contributed by atoms with Crippen LogP contribution in [0.15, 0.2) is 6.08 Å². The fourth-order valence-electron chi connectivity index (χ4n) is 3.73. The predicted octanol–water partition coefficient (Wildman–Crippen LogP) is 4.55. The molecule has 3 rings (SSSR count). The zero-order valence-electron chi connectivity index (χ0n) is 14.7. The Morgan fingerprint density at radius 1 is 0.917 bits per heavy atom. The summed E-state index contributed by atoms with van der Waals surface area (Å²) >= 11 is 0. The third-order valence-electron chi connectivity index (χ3n) is 5.53. The van der Waals surface area contributed by atoms with E-state index in [0.29, 0.717) is 11.4 Å². The second kappa shape index (κ2) is 6.27. The Kier molecular flexibility index (Phi) is 4.31. The number of hydrogen-bond acceptors (Lipinski definition) is 2. The Labute approximate surface area is 142 Å². The second-order valence-electron chi connectivity index (χ2n) is 6.79. The molecule has 0 radical (unpaired) electrons. The number of carbonyl (C=O) groups excluding carboxylic acids is 2. The van der Waals surface area contributed by atoms with Crippen molar-refractivity contribution in [3.8, 4) is 0 Å². The third-order valence-corrected chi connectivity index (χ3v) is 5.53. The molecule has 0 fully saturated rings. The van der Waals surface area contributed by atoms with Crippen molar-refractivity contribution in [2.24, 2.45) is 0 Å². The molecule has 1 aliphatic rings. The molecule has 2 heterocycles. The topological polar surface area (TPSA) is 65.7 Å². The first-order chi connectivity index (χ1) is 11.5. The smallest absolute Gasteiger partial charge is 0.166 e. The summed E-state index contributed by atoms with van der Waals surface area (Å²) in [6.45, 7) is 8.11. The summed E-state index contributed by atoms with van der Waals surface area (Å²) in [5.74, 6) is 0.281. The van der Waals surface area contributed by atoms with E-state index in [-0.39, 0.29) is 5.92 Å². The number of aromatic amines is 2. The fourth-order valence-corrected chi connectivity index (χ4v) is 3.73. The first-order valence-electron chi connectivity index (χ1n) is 8.47. The van der Waals surface area contributed by atoms with E-state index in [1.54, 1.807) is 0 Å². The van der Waals surface area contributed by atoms with Crippen molar-refractivity contribution >= 4 is 18.1 Å². The van der Waals surface area contributed by atoms with Gasteiger partial charge in [-0.25, -0.2) is 0 Å². The molecule has 2 aromatic rings. The van der Waals surface area contributed by atoms with Gasteiger partial charge in [0.2, 0.25) is 0 Å². The second-order valence-corrected chi connectivity index (χ2v) is 6.79. The van der Waals surface area contributed by atoms with E-state index < -0.39 is 0 Å². The molecule has 4 nitrogen and oxygen atoms in total. The molecule has 2 N–H and O–H groups in total. The number of aldehydes is 2. The van der Waals surface area contributed by atoms with Gasteiger partial charge in [0.25, 0.3) is 0 Å². The van der Waals surface area contributed by atoms with Gasteiger partial charge in [0.05, 0.1) is 11.4 Å². The van der Waals surface area contributed by atoms with E-state index >= 15 is 0 Å². The molecule has 0 spiro atoms. The first-order valence-corrected chi connectivity index (χ1v) is 8.47. The van der Waals surface area contributed by atoms with E-state index in [4.69, 9.17) is 0 Å². The number of carbonyl (C=O) groups is 2. The summed E-state index contributed by atoms with van der Waals surface area (Å²) < 4.78 is 0. The summed E-state index contributed by atoms with van der Waals surface area (Å²) in [5, 5.41) is 0. The highest BCUT2D eigenvalue weighted by atomic mass is 16.1. The van der Waals surface area contributed by atoms with Gasteiger partial charge in [0.1, 0.15) is 0 Å². The van der Waals surface area contributed by atoms with Crippen LogP contribution in [0, 0.1) is 27.7 Å². The molecule has 0 amide bonds. The van der Waals surface area contributed by atoms with Gasteiger partial charge in [0, 0.05) is 17.3 Å². The number of allylic oxidation sites excluding steroid dienone is 2. The SMILES string of the molecule is Cc1c(C=O)[nH]c(C2=C[C@H](c3[nH]c(C=O)c(C)c3C)CCC2)c1C. The van der Waals surface area contributed by atoms with Crippen molar-refractivity contribution < 1.29 is 9.59 Å². The summed E-state index contributed by atoms with van der Waals surface area (Å²) in [6.07, 6.45) is 7.26. The normalized spacial score (nSPS) is 17.7. The molecule has 0 bridgehead atoms. The maximum Gasteiger partial charge on any atom is 0.166 e. The number of aromatic nitrogens is 2. The Morgan fingerprint density at radius 3 is 2.12 bits per heavy atom. The highest BCUT2D eigenvalue weighted by Crippen LogP contribution is 2.38. The molecule has 0 unspecified atom stereocenters. The van der Waals surface area contributed by atoms with Gasteiger partial charge in [-0.15, -0.1) is 0 Å². The molecule has 0 saturated carbocycles. The van der Waals surface area contributed by atoms with Gasteiger partial charge < -0.3 is 9.97 Å². The van der Waals surface area contributed by atoms with E-state index in [1.165, 1.54) is 11.1 Å². The van der Waals surface area contributed by atoms with E-state index in [1.807, 2.05) is 13.8 Å². The van der Waals surface area contributed by atoms with Crippen LogP contribution < -0.4 is 0 Å². The van der Waals surface area contributed by atoms with Gasteiger partial charge in [-0.2, -0.15) is 0 Å². The van der Waals surface area contributed by atoms with Crippen LogP contribution in [0.25, 0.3) is 5.57 Å². The zero-order valence-corrected chi connectivity index (χ0v) is 14.7. The van der Waals surface area contributed by atoms with Crippen LogP contribution >= 0.6 is 0 Å². The number of rotatable bonds is 4. The minimum Gasteiger partial charge on any atom is -0.355 e. The molecule has 126 valence electrons. The summed E-state index contributed by atoms with van der Waals surface area (Å²) in [7, 11) is 0. The third kappa shape index (κ3) is 2.56. The average molecular weight is 324 g/mol. The predicted molar refractivity (Wildman–Crippen MR) is 95.9 cm³/mol. The molecule has 0 saturated heterocycles. The Balaban J connectivity index is 2.03. The summed E-state index contributed by atoms with van der Waals surface area (Å²) in [4.78, 5) is 29.0. The Hall–Kier alpha value is -2.36. The van der Waals surface area contributed by atoms with Crippen molar-refractivity contribution in [1.29, 1.82) is 0 Å². The van der Waals surface area contributed by atoms with Crippen molar-refractivity contribution in [1.82, 2.24) is 9.97 Å². The van der Waals surface area contributed by atoms with Gasteiger partial charge in [0.15, 0.2) is 12.6 Å². The monoisotopic (exact) mass is 324 g/mol. The maximum atomic E-state index is 11.2. The van der Waals surface area contributed by atoms with E-state index in [0.717, 1.165) is 59.9 Å². The highest BCUT2D eigenvalue weighted by molar-refractivity contribution is 5.80. The molecule has 2 aromatic heterocycles. The Bertz CT molecular complexity index is 836. The zero-order chi connectivity index (χ0) is 17.4. The number of H-pyrrole nitrogens is 2. The molecular formula is C20H24N2O2. The first kappa shape index (κ1) is 16.5. The quantitative estimate of drug-likeness (QED) is 0.810. The van der Waals surface area contributed by atoms with Crippen molar-refractivity contribution in [3.05, 3.63) is 51.1 Å². The minimum absolute atomic E-state index is 0.281. The molecule has 24 heavy (non-hydrogen) atoms. The van der Waals surface area contributed by atoms with Crippen molar-refractivity contribution in [2.45, 2.75) is 52.9 Å². The lowest BCUT2D eigenvalue weighted by atomic mass is 9.85. The standard InChI is InChI=1S/C20H24N2O2/c1-11-13(3)19(21-17(11)9-23)15-6-5-7-16(8-15)20-14(4)12(2)18(10-24)22-20/h8-10,15,21-22H,5-7H2,1-4H3/t15-/m1/s1. The number of nitrogens with one attached hydrogen (secondary N) is 2. The number of hydrogen-bond donors (Lipinski definition) is 2. The molecule has 4 heteroatoms. The van der Waals surface area contributed by atoms with E-state index in [2.05, 4.69) is 29.9 Å². The van der Waals surface area contributed by atoms with Gasteiger partial charge in [-0.1, -0.05) is 6.08 Å². The molecule has 0 aliphatic heterocycles. The highest BCUT2D eigenvalue weighted by Gasteiger charge is 2.23. The lowest BCUT2D eigenvalue weighted by Gasteiger charge is -2.21. The summed E-state index contributed by atoms with van der Waals surface area (Å²) in [5.41, 5.74) is 9.22.